The molecular weight excluding hydrogens is 645 g/mol. The first kappa shape index (κ1) is 34.7. The Balaban J connectivity index is 0.978. The lowest BCUT2D eigenvalue weighted by molar-refractivity contribution is 0.101. The summed E-state index contributed by atoms with van der Waals surface area (Å²) >= 11 is 0. The van der Waals surface area contributed by atoms with Crippen LogP contribution in [0.15, 0.2) is 60.9 Å². The lowest BCUT2D eigenvalue weighted by atomic mass is 9.94. The topological polar surface area (TPSA) is 90.5 Å². The monoisotopic (exact) mass is 696 g/mol. The van der Waals surface area contributed by atoms with Crippen LogP contribution < -0.4 is 10.6 Å². The van der Waals surface area contributed by atoms with Gasteiger partial charge in [-0.1, -0.05) is 37.1 Å². The van der Waals surface area contributed by atoms with Gasteiger partial charge in [0.1, 0.15) is 11.4 Å². The molecule has 0 unspecified atom stereocenters. The van der Waals surface area contributed by atoms with Crippen molar-refractivity contribution in [2.24, 2.45) is 0 Å². The molecule has 2 aromatic heterocycles. The molecule has 2 aliphatic heterocycles. The molecule has 0 radical (unpaired) electrons. The Labute approximate surface area is 308 Å². The summed E-state index contributed by atoms with van der Waals surface area (Å²) in [4.78, 5) is 41.7. The zero-order chi connectivity index (χ0) is 35.6. The van der Waals surface area contributed by atoms with E-state index in [4.69, 9.17) is 0 Å². The summed E-state index contributed by atoms with van der Waals surface area (Å²) in [5.74, 6) is 0.693. The van der Waals surface area contributed by atoms with Crippen LogP contribution in [-0.4, -0.2) is 57.8 Å². The summed E-state index contributed by atoms with van der Waals surface area (Å²) < 4.78 is 0. The average molecular weight is 697 g/mol. The van der Waals surface area contributed by atoms with Crippen LogP contribution in [0.5, 0.6) is 0 Å². The Bertz CT molecular complexity index is 1810. The summed E-state index contributed by atoms with van der Waals surface area (Å²) in [5, 5.41) is 6.34. The van der Waals surface area contributed by atoms with Gasteiger partial charge < -0.3 is 10.6 Å². The smallest absolute Gasteiger partial charge is 0.274 e. The molecule has 8 rings (SSSR count). The minimum Gasteiger partial charge on any atom is -0.320 e. The number of carbonyl (C=O) groups excluding carboxylic acids is 2. The van der Waals surface area contributed by atoms with E-state index in [9.17, 15) is 9.59 Å². The molecule has 2 saturated heterocycles. The maximum atomic E-state index is 13.6. The molecule has 2 aliphatic carbocycles. The van der Waals surface area contributed by atoms with Gasteiger partial charge in [-0.3, -0.25) is 29.4 Å². The number of rotatable bonds is 11. The highest BCUT2D eigenvalue weighted by molar-refractivity contribution is 6.05. The van der Waals surface area contributed by atoms with Gasteiger partial charge in [0.25, 0.3) is 11.8 Å². The number of likely N-dealkylation sites (tertiary alicyclic amines) is 2. The molecule has 0 atom stereocenters. The predicted molar refractivity (Wildman–Crippen MR) is 208 cm³/mol. The molecule has 2 amide bonds. The Hall–Kier alpha value is -4.40. The van der Waals surface area contributed by atoms with Crippen molar-refractivity contribution in [3.8, 4) is 11.1 Å². The number of piperidine rings is 2. The van der Waals surface area contributed by atoms with Gasteiger partial charge in [0.15, 0.2) is 0 Å². The Morgan fingerprint density at radius 3 is 1.40 bits per heavy atom. The second-order valence-electron chi connectivity index (χ2n) is 15.6. The van der Waals surface area contributed by atoms with Crippen LogP contribution >= 0.6 is 0 Å². The number of amides is 2. The van der Waals surface area contributed by atoms with Crippen LogP contribution in [0.4, 0.5) is 11.4 Å². The molecule has 8 heteroatoms. The molecule has 4 aliphatic rings. The summed E-state index contributed by atoms with van der Waals surface area (Å²) in [5.41, 5.74) is 11.5. The van der Waals surface area contributed by atoms with E-state index in [0.29, 0.717) is 23.2 Å². The van der Waals surface area contributed by atoms with Crippen LogP contribution in [0.25, 0.3) is 11.1 Å². The van der Waals surface area contributed by atoms with E-state index < -0.39 is 0 Å². The fourth-order valence-corrected chi connectivity index (χ4v) is 8.28. The number of anilines is 2. The summed E-state index contributed by atoms with van der Waals surface area (Å²) in [6.45, 7) is 10.5. The van der Waals surface area contributed by atoms with Crippen LogP contribution in [-0.2, 0) is 13.1 Å². The van der Waals surface area contributed by atoms with E-state index in [0.717, 1.165) is 72.9 Å². The van der Waals surface area contributed by atoms with Crippen molar-refractivity contribution in [3.63, 3.8) is 0 Å². The molecule has 2 saturated carbocycles. The third-order valence-corrected chi connectivity index (χ3v) is 11.7. The quantitative estimate of drug-likeness (QED) is 0.163. The van der Waals surface area contributed by atoms with Crippen LogP contribution in [0.2, 0.25) is 0 Å². The minimum atomic E-state index is -0.190. The zero-order valence-electron chi connectivity index (χ0n) is 30.8. The molecule has 4 fully saturated rings. The number of nitrogens with one attached hydrogen (secondary N) is 2. The fraction of sp³-hybridized carbons (Fsp3) is 0.455. The highest BCUT2D eigenvalue weighted by Crippen LogP contribution is 2.43. The molecular formula is C44H52N6O2. The number of hydrogen-bond donors (Lipinski definition) is 2. The normalized spacial score (nSPS) is 18.3. The van der Waals surface area contributed by atoms with Gasteiger partial charge in [0, 0.05) is 36.9 Å². The van der Waals surface area contributed by atoms with Crippen molar-refractivity contribution in [3.05, 3.63) is 106 Å². The first-order chi connectivity index (χ1) is 25.4. The first-order valence-electron chi connectivity index (χ1n) is 19.7. The van der Waals surface area contributed by atoms with Gasteiger partial charge in [0.2, 0.25) is 0 Å². The number of pyridine rings is 2. The van der Waals surface area contributed by atoms with Gasteiger partial charge in [-0.25, -0.2) is 0 Å². The van der Waals surface area contributed by atoms with E-state index in [2.05, 4.69) is 42.5 Å². The molecule has 2 aromatic carbocycles. The maximum Gasteiger partial charge on any atom is 0.274 e. The van der Waals surface area contributed by atoms with Crippen LogP contribution in [0.3, 0.4) is 0 Å². The number of benzene rings is 2. The van der Waals surface area contributed by atoms with E-state index in [1.807, 2.05) is 62.6 Å². The molecule has 0 bridgehead atoms. The van der Waals surface area contributed by atoms with Crippen LogP contribution in [0, 0.1) is 13.8 Å². The SMILES string of the molecule is Cc1c(NC(=O)c2cc(C3CC3)c(CN3CCCCC3)cn2)cccc1-c1cccc(NC(=O)c2cc(C3CC3)c(CN3CCCCC3)cn2)c1C. The zero-order valence-corrected chi connectivity index (χ0v) is 30.8. The lowest BCUT2D eigenvalue weighted by Crippen LogP contribution is -2.29. The number of nitrogens with zero attached hydrogens (tertiary/aromatic N) is 4. The first-order valence-corrected chi connectivity index (χ1v) is 19.7. The molecule has 8 nitrogen and oxygen atoms in total. The molecule has 4 aromatic rings. The summed E-state index contributed by atoms with van der Waals surface area (Å²) in [6.07, 6.45) is 16.3. The predicted octanol–water partition coefficient (Wildman–Crippen LogP) is 8.99. The van der Waals surface area contributed by atoms with E-state index in [1.54, 1.807) is 0 Å². The third kappa shape index (κ3) is 7.83. The molecule has 4 heterocycles. The van der Waals surface area contributed by atoms with Crippen molar-refractivity contribution < 1.29 is 9.59 Å². The van der Waals surface area contributed by atoms with Crippen molar-refractivity contribution in [1.82, 2.24) is 19.8 Å². The molecule has 52 heavy (non-hydrogen) atoms. The van der Waals surface area contributed by atoms with Gasteiger partial charge in [-0.05, 0) is 172 Å². The summed E-state index contributed by atoms with van der Waals surface area (Å²) in [6, 6.07) is 16.1. The Morgan fingerprint density at radius 1 is 0.615 bits per heavy atom. The largest absolute Gasteiger partial charge is 0.320 e. The molecule has 2 N–H and O–H groups in total. The second-order valence-corrected chi connectivity index (χ2v) is 15.6. The van der Waals surface area contributed by atoms with E-state index >= 15 is 0 Å². The van der Waals surface area contributed by atoms with Gasteiger partial charge in [0.05, 0.1) is 0 Å². The maximum absolute atomic E-state index is 13.6. The van der Waals surface area contributed by atoms with Crippen molar-refractivity contribution in [2.45, 2.75) is 103 Å². The Kier molecular flexibility index (Phi) is 10.2. The standard InChI is InChI=1S/C44H52N6O2/c1-29-35(11-9-13-39(29)47-43(51)41-23-37(31-15-16-31)33(25-45-41)27-49-19-5-3-6-20-49)36-12-10-14-40(30(36)2)48-44(52)42-24-38(32-17-18-32)34(26-46-42)28-50-21-7-4-8-22-50/h9-14,23-26,31-32H,3-8,15-22,27-28H2,1-2H3,(H,47,51)(H,48,52). The highest BCUT2D eigenvalue weighted by atomic mass is 16.2. The van der Waals surface area contributed by atoms with E-state index in [1.165, 1.54) is 86.5 Å². The average Bonchev–Trinajstić information content (AvgIpc) is 4.10. The number of aromatic nitrogens is 2. The fourth-order valence-electron chi connectivity index (χ4n) is 8.28. The van der Waals surface area contributed by atoms with E-state index in [-0.39, 0.29) is 11.8 Å². The Morgan fingerprint density at radius 2 is 1.02 bits per heavy atom. The lowest BCUT2D eigenvalue weighted by Gasteiger charge is -2.27. The number of carbonyl (C=O) groups is 2. The van der Waals surface area contributed by atoms with Crippen LogP contribution in [0.1, 0.15) is 130 Å². The van der Waals surface area contributed by atoms with Crippen molar-refractivity contribution >= 4 is 23.2 Å². The second kappa shape index (κ2) is 15.3. The molecule has 0 spiro atoms. The molecule has 270 valence electrons. The van der Waals surface area contributed by atoms with Crippen molar-refractivity contribution in [2.75, 3.05) is 36.8 Å². The highest BCUT2D eigenvalue weighted by Gasteiger charge is 2.30. The van der Waals surface area contributed by atoms with Gasteiger partial charge in [-0.15, -0.1) is 0 Å². The minimum absolute atomic E-state index is 0.190. The number of hydrogen-bond acceptors (Lipinski definition) is 6. The third-order valence-electron chi connectivity index (χ3n) is 11.7. The van der Waals surface area contributed by atoms with Gasteiger partial charge >= 0.3 is 0 Å². The van der Waals surface area contributed by atoms with Gasteiger partial charge in [-0.2, -0.15) is 0 Å². The summed E-state index contributed by atoms with van der Waals surface area (Å²) in [7, 11) is 0. The van der Waals surface area contributed by atoms with Crippen molar-refractivity contribution in [1.29, 1.82) is 0 Å².